The highest BCUT2D eigenvalue weighted by Gasteiger charge is 2.25. The van der Waals surface area contributed by atoms with Crippen molar-refractivity contribution < 1.29 is 4.79 Å². The van der Waals surface area contributed by atoms with E-state index in [4.69, 9.17) is 5.73 Å². The summed E-state index contributed by atoms with van der Waals surface area (Å²) in [5.41, 5.74) is 11.3. The Labute approximate surface area is 115 Å². The van der Waals surface area contributed by atoms with Crippen molar-refractivity contribution in [3.05, 3.63) is 33.9 Å². The van der Waals surface area contributed by atoms with Gasteiger partial charge in [-0.15, -0.1) is 0 Å². The quantitative estimate of drug-likeness (QED) is 0.858. The summed E-state index contributed by atoms with van der Waals surface area (Å²) in [5, 5.41) is 3.14. The van der Waals surface area contributed by atoms with Crippen LogP contribution in [0.2, 0.25) is 0 Å². The first-order valence-corrected chi connectivity index (χ1v) is 7.04. The highest BCUT2D eigenvalue weighted by atomic mass is 16.1. The van der Waals surface area contributed by atoms with Gasteiger partial charge in [0.05, 0.1) is 0 Å². The summed E-state index contributed by atoms with van der Waals surface area (Å²) in [6.45, 7) is 8.17. The zero-order chi connectivity index (χ0) is 14.2. The van der Waals surface area contributed by atoms with Gasteiger partial charge < -0.3 is 11.1 Å². The topological polar surface area (TPSA) is 55.1 Å². The molecule has 1 saturated carbocycles. The molecule has 1 aromatic rings. The van der Waals surface area contributed by atoms with Crippen LogP contribution in [0.15, 0.2) is 6.07 Å². The van der Waals surface area contributed by atoms with Gasteiger partial charge in [0.25, 0.3) is 5.91 Å². The summed E-state index contributed by atoms with van der Waals surface area (Å²) < 4.78 is 0. The molecule has 0 spiro atoms. The zero-order valence-corrected chi connectivity index (χ0v) is 12.3. The van der Waals surface area contributed by atoms with Gasteiger partial charge in [0.1, 0.15) is 0 Å². The first kappa shape index (κ1) is 14.1. The number of amides is 1. The Morgan fingerprint density at radius 1 is 1.16 bits per heavy atom. The monoisotopic (exact) mass is 260 g/mol. The van der Waals surface area contributed by atoms with Gasteiger partial charge in [-0.2, -0.15) is 0 Å². The van der Waals surface area contributed by atoms with E-state index in [9.17, 15) is 4.79 Å². The average molecular weight is 260 g/mol. The summed E-state index contributed by atoms with van der Waals surface area (Å²) >= 11 is 0. The predicted octanol–water partition coefficient (Wildman–Crippen LogP) is 2.53. The summed E-state index contributed by atoms with van der Waals surface area (Å²) in [7, 11) is 0. The lowest BCUT2D eigenvalue weighted by Crippen LogP contribution is -2.35. The molecule has 3 N–H and O–H groups in total. The van der Waals surface area contributed by atoms with Crippen molar-refractivity contribution in [2.75, 3.05) is 0 Å². The molecule has 0 radical (unpaired) electrons. The maximum absolute atomic E-state index is 12.5. The van der Waals surface area contributed by atoms with Crippen LogP contribution in [0.3, 0.4) is 0 Å². The van der Waals surface area contributed by atoms with Crippen molar-refractivity contribution in [3.63, 3.8) is 0 Å². The van der Waals surface area contributed by atoms with Crippen LogP contribution in [0.5, 0.6) is 0 Å². The van der Waals surface area contributed by atoms with Gasteiger partial charge in [-0.3, -0.25) is 4.79 Å². The third-order valence-electron chi connectivity index (χ3n) is 4.40. The molecule has 19 heavy (non-hydrogen) atoms. The second-order valence-corrected chi connectivity index (χ2v) is 5.88. The number of nitrogens with one attached hydrogen (secondary N) is 1. The van der Waals surface area contributed by atoms with E-state index in [-0.39, 0.29) is 18.0 Å². The van der Waals surface area contributed by atoms with Crippen LogP contribution in [0.4, 0.5) is 0 Å². The second kappa shape index (κ2) is 5.33. The van der Waals surface area contributed by atoms with E-state index in [1.807, 2.05) is 13.8 Å². The first-order chi connectivity index (χ1) is 8.90. The SMILES string of the molecule is Cc1cc(C)c(C)c(C(=O)NC2CCC(N)C2)c1C. The fraction of sp³-hybridized carbons (Fsp3) is 0.562. The molecule has 0 aromatic heterocycles. The minimum Gasteiger partial charge on any atom is -0.349 e. The van der Waals surface area contributed by atoms with Crippen LogP contribution in [0.25, 0.3) is 0 Å². The molecule has 0 heterocycles. The van der Waals surface area contributed by atoms with Crippen LogP contribution < -0.4 is 11.1 Å². The summed E-state index contributed by atoms with van der Waals surface area (Å²) in [6, 6.07) is 2.63. The van der Waals surface area contributed by atoms with E-state index in [0.717, 1.165) is 36.0 Å². The normalized spacial score (nSPS) is 22.6. The fourth-order valence-electron chi connectivity index (χ4n) is 2.96. The molecule has 1 fully saturated rings. The largest absolute Gasteiger partial charge is 0.349 e. The lowest BCUT2D eigenvalue weighted by Gasteiger charge is -2.18. The van der Waals surface area contributed by atoms with Crippen LogP contribution >= 0.6 is 0 Å². The van der Waals surface area contributed by atoms with Gasteiger partial charge in [-0.25, -0.2) is 0 Å². The molecule has 1 aliphatic rings. The van der Waals surface area contributed by atoms with Crippen molar-refractivity contribution in [2.45, 2.75) is 59.0 Å². The summed E-state index contributed by atoms with van der Waals surface area (Å²) in [6.07, 6.45) is 2.90. The van der Waals surface area contributed by atoms with E-state index < -0.39 is 0 Å². The van der Waals surface area contributed by atoms with E-state index in [1.165, 1.54) is 11.1 Å². The third-order valence-corrected chi connectivity index (χ3v) is 4.40. The molecule has 104 valence electrons. The van der Waals surface area contributed by atoms with E-state index in [2.05, 4.69) is 25.2 Å². The highest BCUT2D eigenvalue weighted by Crippen LogP contribution is 2.23. The van der Waals surface area contributed by atoms with E-state index in [1.54, 1.807) is 0 Å². The van der Waals surface area contributed by atoms with Gasteiger partial charge in [0.2, 0.25) is 0 Å². The van der Waals surface area contributed by atoms with Crippen molar-refractivity contribution in [2.24, 2.45) is 5.73 Å². The molecule has 3 nitrogen and oxygen atoms in total. The average Bonchev–Trinajstić information content (AvgIpc) is 2.72. The minimum absolute atomic E-state index is 0.0564. The summed E-state index contributed by atoms with van der Waals surface area (Å²) in [4.78, 5) is 12.5. The molecule has 1 aliphatic carbocycles. The lowest BCUT2D eigenvalue weighted by molar-refractivity contribution is 0.0936. The molecular formula is C16H24N2O. The Hall–Kier alpha value is -1.35. The molecule has 2 rings (SSSR count). The second-order valence-electron chi connectivity index (χ2n) is 5.88. The molecule has 0 bridgehead atoms. The zero-order valence-electron chi connectivity index (χ0n) is 12.3. The van der Waals surface area contributed by atoms with Gasteiger partial charge in [-0.1, -0.05) is 6.07 Å². The Balaban J connectivity index is 2.24. The van der Waals surface area contributed by atoms with E-state index in [0.29, 0.717) is 0 Å². The van der Waals surface area contributed by atoms with Crippen molar-refractivity contribution in [1.82, 2.24) is 5.32 Å². The van der Waals surface area contributed by atoms with Crippen LogP contribution in [0.1, 0.15) is 51.9 Å². The number of benzene rings is 1. The summed E-state index contributed by atoms with van der Waals surface area (Å²) in [5.74, 6) is 0.0564. The number of carbonyl (C=O) groups excluding carboxylic acids is 1. The molecule has 0 aliphatic heterocycles. The van der Waals surface area contributed by atoms with Crippen molar-refractivity contribution in [3.8, 4) is 0 Å². The molecule has 2 atom stereocenters. The molecule has 1 amide bonds. The van der Waals surface area contributed by atoms with Crippen LogP contribution in [0, 0.1) is 27.7 Å². The molecular weight excluding hydrogens is 236 g/mol. The maximum Gasteiger partial charge on any atom is 0.252 e. The maximum atomic E-state index is 12.5. The van der Waals surface area contributed by atoms with Gasteiger partial charge in [-0.05, 0) is 69.2 Å². The lowest BCUT2D eigenvalue weighted by atomic mass is 9.93. The number of hydrogen-bond acceptors (Lipinski definition) is 2. The molecule has 2 unspecified atom stereocenters. The van der Waals surface area contributed by atoms with E-state index >= 15 is 0 Å². The number of carbonyl (C=O) groups is 1. The first-order valence-electron chi connectivity index (χ1n) is 7.04. The standard InChI is InChI=1S/C16H24N2O/c1-9-7-10(2)12(4)15(11(9)3)16(19)18-14-6-5-13(17)8-14/h7,13-14H,5-6,8,17H2,1-4H3,(H,18,19). The van der Waals surface area contributed by atoms with Crippen molar-refractivity contribution >= 4 is 5.91 Å². The smallest absolute Gasteiger partial charge is 0.252 e. The molecule has 0 saturated heterocycles. The van der Waals surface area contributed by atoms with Gasteiger partial charge >= 0.3 is 0 Å². The van der Waals surface area contributed by atoms with Crippen LogP contribution in [-0.4, -0.2) is 18.0 Å². The number of rotatable bonds is 2. The Bertz CT molecular complexity index is 482. The minimum atomic E-state index is 0.0564. The highest BCUT2D eigenvalue weighted by molar-refractivity contribution is 5.98. The van der Waals surface area contributed by atoms with Gasteiger partial charge in [0, 0.05) is 17.6 Å². The molecule has 1 aromatic carbocycles. The van der Waals surface area contributed by atoms with Crippen LogP contribution in [-0.2, 0) is 0 Å². The number of hydrogen-bond donors (Lipinski definition) is 2. The number of aryl methyl sites for hydroxylation is 2. The van der Waals surface area contributed by atoms with Crippen molar-refractivity contribution in [1.29, 1.82) is 0 Å². The Morgan fingerprint density at radius 3 is 2.21 bits per heavy atom. The fourth-order valence-corrected chi connectivity index (χ4v) is 2.96. The van der Waals surface area contributed by atoms with Gasteiger partial charge in [0.15, 0.2) is 0 Å². The molecule has 3 heteroatoms. The Morgan fingerprint density at radius 2 is 1.74 bits per heavy atom. The predicted molar refractivity (Wildman–Crippen MR) is 78.5 cm³/mol. The third kappa shape index (κ3) is 2.81. The Kier molecular flexibility index (Phi) is 3.95. The number of nitrogens with two attached hydrogens (primary N) is 1.